The molecule has 1 aromatic rings. The van der Waals surface area contributed by atoms with E-state index in [1.165, 1.54) is 22.5 Å². The Morgan fingerprint density at radius 1 is 1.18 bits per heavy atom. The van der Waals surface area contributed by atoms with Gasteiger partial charge in [-0.1, -0.05) is 6.07 Å². The minimum absolute atomic E-state index is 0.0651. The van der Waals surface area contributed by atoms with Gasteiger partial charge in [0, 0.05) is 6.54 Å². The fraction of sp³-hybridized carbons (Fsp3) is 0.556. The molecule has 2 saturated heterocycles. The van der Waals surface area contributed by atoms with Crippen molar-refractivity contribution in [3.05, 3.63) is 30.1 Å². The van der Waals surface area contributed by atoms with Crippen LogP contribution < -0.4 is 10.6 Å². The van der Waals surface area contributed by atoms with E-state index in [0.717, 1.165) is 23.8 Å². The number of quaternary nitrogens is 1. The quantitative estimate of drug-likeness (QED) is 0.618. The van der Waals surface area contributed by atoms with Crippen molar-refractivity contribution in [3.63, 3.8) is 0 Å². The number of piperazine rings is 1. The maximum absolute atomic E-state index is 13.4. The number of amides is 2. The Hall–Kier alpha value is -2.04. The Morgan fingerprint density at radius 2 is 1.89 bits per heavy atom. The van der Waals surface area contributed by atoms with E-state index in [9.17, 15) is 22.4 Å². The molecule has 2 aliphatic heterocycles. The number of carbonyl (C=O) groups excluding carboxylic acids is 2. The van der Waals surface area contributed by atoms with E-state index in [0.29, 0.717) is 26.1 Å². The van der Waals surface area contributed by atoms with Gasteiger partial charge in [-0.3, -0.25) is 9.59 Å². The van der Waals surface area contributed by atoms with Crippen LogP contribution in [0, 0.1) is 5.82 Å². The maximum atomic E-state index is 13.4. The number of nitrogens with zero attached hydrogens (tertiary/aromatic N) is 2. The lowest BCUT2D eigenvalue weighted by atomic mass is 10.0. The molecule has 28 heavy (non-hydrogen) atoms. The second kappa shape index (κ2) is 8.54. The average molecular weight is 413 g/mol. The number of halogens is 1. The fourth-order valence-corrected chi connectivity index (χ4v) is 5.31. The van der Waals surface area contributed by atoms with Gasteiger partial charge < -0.3 is 15.5 Å². The van der Waals surface area contributed by atoms with Crippen molar-refractivity contribution in [2.45, 2.75) is 30.2 Å². The molecular weight excluding hydrogens is 387 g/mol. The number of nitrogens with one attached hydrogen (secondary N) is 1. The van der Waals surface area contributed by atoms with E-state index in [2.05, 4.69) is 0 Å². The molecule has 2 fully saturated rings. The van der Waals surface area contributed by atoms with E-state index in [-0.39, 0.29) is 30.4 Å². The summed E-state index contributed by atoms with van der Waals surface area (Å²) in [6.07, 6.45) is 2.32. The molecule has 2 heterocycles. The smallest absolute Gasteiger partial charge is 0.278 e. The molecule has 0 spiro atoms. The molecule has 1 atom stereocenters. The summed E-state index contributed by atoms with van der Waals surface area (Å²) in [5, 5.41) is 0. The predicted octanol–water partition coefficient (Wildman–Crippen LogP) is -1.42. The number of carbonyl (C=O) groups is 2. The first kappa shape index (κ1) is 20.7. The Balaban J connectivity index is 1.58. The minimum atomic E-state index is -3.75. The maximum Gasteiger partial charge on any atom is 0.278 e. The van der Waals surface area contributed by atoms with Crippen LogP contribution in [-0.2, 0) is 19.6 Å². The van der Waals surface area contributed by atoms with E-state index in [4.69, 9.17) is 5.73 Å². The van der Waals surface area contributed by atoms with E-state index in [1.54, 1.807) is 4.90 Å². The molecule has 0 bridgehead atoms. The van der Waals surface area contributed by atoms with E-state index < -0.39 is 27.8 Å². The van der Waals surface area contributed by atoms with Gasteiger partial charge in [0.1, 0.15) is 11.9 Å². The van der Waals surface area contributed by atoms with Crippen molar-refractivity contribution in [3.8, 4) is 0 Å². The Bertz CT molecular complexity index is 840. The molecule has 154 valence electrons. The lowest BCUT2D eigenvalue weighted by Crippen LogP contribution is -3.15. The Labute approximate surface area is 164 Å². The topological polar surface area (TPSA) is 105 Å². The summed E-state index contributed by atoms with van der Waals surface area (Å²) >= 11 is 0. The van der Waals surface area contributed by atoms with Crippen molar-refractivity contribution in [2.75, 3.05) is 39.3 Å². The van der Waals surface area contributed by atoms with Crippen molar-refractivity contribution >= 4 is 21.8 Å². The van der Waals surface area contributed by atoms with Gasteiger partial charge in [-0.25, -0.2) is 12.8 Å². The summed E-state index contributed by atoms with van der Waals surface area (Å²) in [7, 11) is -3.75. The normalized spacial score (nSPS) is 22.2. The monoisotopic (exact) mass is 413 g/mol. The highest BCUT2D eigenvalue weighted by molar-refractivity contribution is 7.89. The molecule has 0 unspecified atom stereocenters. The molecule has 2 amide bonds. The Kier molecular flexibility index (Phi) is 6.31. The predicted molar refractivity (Wildman–Crippen MR) is 99.3 cm³/mol. The number of sulfonamides is 1. The van der Waals surface area contributed by atoms with Crippen molar-refractivity contribution < 1.29 is 27.3 Å². The van der Waals surface area contributed by atoms with Gasteiger partial charge in [0.05, 0.1) is 31.1 Å². The molecule has 0 aromatic heterocycles. The van der Waals surface area contributed by atoms with E-state index in [1.807, 2.05) is 0 Å². The van der Waals surface area contributed by atoms with Gasteiger partial charge in [0.15, 0.2) is 6.54 Å². The molecule has 8 nitrogen and oxygen atoms in total. The summed E-state index contributed by atoms with van der Waals surface area (Å²) in [4.78, 5) is 26.7. The average Bonchev–Trinajstić information content (AvgIpc) is 2.68. The molecule has 0 saturated carbocycles. The Morgan fingerprint density at radius 3 is 2.54 bits per heavy atom. The van der Waals surface area contributed by atoms with Crippen LogP contribution in [0.4, 0.5) is 4.39 Å². The third kappa shape index (κ3) is 4.50. The second-order valence-electron chi connectivity index (χ2n) is 7.29. The van der Waals surface area contributed by atoms with Crippen LogP contribution in [0.15, 0.2) is 29.2 Å². The molecule has 3 N–H and O–H groups in total. The number of hydrogen-bond donors (Lipinski definition) is 2. The van der Waals surface area contributed by atoms with Crippen LogP contribution in [0.2, 0.25) is 0 Å². The van der Waals surface area contributed by atoms with Crippen LogP contribution in [0.5, 0.6) is 0 Å². The summed E-state index contributed by atoms with van der Waals surface area (Å²) in [5.41, 5.74) is 5.42. The number of nitrogens with two attached hydrogens (primary N) is 1. The van der Waals surface area contributed by atoms with Gasteiger partial charge in [-0.2, -0.15) is 4.31 Å². The summed E-state index contributed by atoms with van der Waals surface area (Å²) in [6.45, 7) is 2.17. The summed E-state index contributed by atoms with van der Waals surface area (Å²) < 4.78 is 40.0. The highest BCUT2D eigenvalue weighted by atomic mass is 32.2. The number of benzene rings is 1. The first-order valence-corrected chi connectivity index (χ1v) is 10.9. The third-order valence-electron chi connectivity index (χ3n) is 5.42. The number of hydrogen-bond acceptors (Lipinski definition) is 4. The highest BCUT2D eigenvalue weighted by Gasteiger charge is 2.35. The van der Waals surface area contributed by atoms with Gasteiger partial charge >= 0.3 is 0 Å². The zero-order chi connectivity index (χ0) is 20.3. The van der Waals surface area contributed by atoms with Crippen LogP contribution >= 0.6 is 0 Å². The zero-order valence-electron chi connectivity index (χ0n) is 15.6. The summed E-state index contributed by atoms with van der Waals surface area (Å²) in [6, 6.07) is 4.42. The number of rotatable bonds is 5. The SMILES string of the molecule is NC(=O)[C@H]1CCCCN1C(=O)C[NH+]1CCN(S(=O)(=O)c2cccc(F)c2)CC1. The first-order chi connectivity index (χ1) is 13.3. The minimum Gasteiger partial charge on any atom is -0.368 e. The largest absolute Gasteiger partial charge is 0.368 e. The number of likely N-dealkylation sites (tertiary alicyclic amines) is 1. The van der Waals surface area contributed by atoms with Gasteiger partial charge in [0.25, 0.3) is 5.91 Å². The molecule has 2 aliphatic rings. The van der Waals surface area contributed by atoms with Crippen molar-refractivity contribution in [1.29, 1.82) is 0 Å². The van der Waals surface area contributed by atoms with Crippen LogP contribution in [-0.4, -0.2) is 74.7 Å². The highest BCUT2D eigenvalue weighted by Crippen LogP contribution is 2.17. The van der Waals surface area contributed by atoms with Gasteiger partial charge in [-0.15, -0.1) is 0 Å². The van der Waals surface area contributed by atoms with Crippen molar-refractivity contribution in [1.82, 2.24) is 9.21 Å². The lowest BCUT2D eigenvalue weighted by molar-refractivity contribution is -0.896. The van der Waals surface area contributed by atoms with Crippen LogP contribution in [0.3, 0.4) is 0 Å². The first-order valence-electron chi connectivity index (χ1n) is 9.47. The number of primary amides is 1. The third-order valence-corrected chi connectivity index (χ3v) is 7.31. The van der Waals surface area contributed by atoms with Crippen LogP contribution in [0.1, 0.15) is 19.3 Å². The standard InChI is InChI=1S/C18H25FN4O4S/c19-14-4-3-5-15(12-14)28(26,27)22-10-8-21(9-11-22)13-17(24)23-7-2-1-6-16(23)18(20)25/h3-5,12,16H,1-2,6-11,13H2,(H2,20,25)/p+1/t16-/m1/s1. The fourth-order valence-electron chi connectivity index (χ4n) is 3.84. The van der Waals surface area contributed by atoms with E-state index >= 15 is 0 Å². The molecule has 3 rings (SSSR count). The van der Waals surface area contributed by atoms with Crippen LogP contribution in [0.25, 0.3) is 0 Å². The number of piperidine rings is 1. The lowest BCUT2D eigenvalue weighted by Gasteiger charge is -2.36. The molecule has 0 aliphatic carbocycles. The molecule has 10 heteroatoms. The molecular formula is C18H26FN4O4S+. The zero-order valence-corrected chi connectivity index (χ0v) is 16.5. The molecule has 1 aromatic carbocycles. The van der Waals surface area contributed by atoms with Gasteiger partial charge in [-0.05, 0) is 37.5 Å². The molecule has 0 radical (unpaired) electrons. The van der Waals surface area contributed by atoms with Gasteiger partial charge in [0.2, 0.25) is 15.9 Å². The summed E-state index contributed by atoms with van der Waals surface area (Å²) in [5.74, 6) is -1.20. The second-order valence-corrected chi connectivity index (χ2v) is 9.23. The van der Waals surface area contributed by atoms with Crippen molar-refractivity contribution in [2.24, 2.45) is 5.73 Å².